The molecule has 1 atom stereocenters. The number of carbonyl (C=O) groups is 2. The maximum Gasteiger partial charge on any atom is 0.257 e. The summed E-state index contributed by atoms with van der Waals surface area (Å²) in [6, 6.07) is 22.0. The van der Waals surface area contributed by atoms with Crippen LogP contribution in [0.3, 0.4) is 0 Å². The summed E-state index contributed by atoms with van der Waals surface area (Å²) < 4.78 is 0. The number of fused-ring (bicyclic) bond motifs is 1. The fourth-order valence-corrected chi connectivity index (χ4v) is 3.94. The van der Waals surface area contributed by atoms with Gasteiger partial charge in [-0.05, 0) is 55.0 Å². The zero-order valence-corrected chi connectivity index (χ0v) is 16.6. The molecule has 0 spiro atoms. The van der Waals surface area contributed by atoms with Crippen molar-refractivity contribution >= 4 is 34.8 Å². The standard InChI is InChI=1S/C23H20ClN3O2/c1-23(26-18-11-9-16(10-12-18)21(25)28)19-7-2-3-8-20(19)27(22(23)29)14-15-5-4-6-17(24)13-15/h2-13,26H,14H2,1H3,(H2,25,28). The number of nitrogens with two attached hydrogens (primary N) is 1. The van der Waals surface area contributed by atoms with E-state index in [0.29, 0.717) is 17.1 Å². The van der Waals surface area contributed by atoms with Gasteiger partial charge in [-0.3, -0.25) is 9.59 Å². The summed E-state index contributed by atoms with van der Waals surface area (Å²) in [4.78, 5) is 26.6. The second kappa shape index (κ2) is 7.26. The smallest absolute Gasteiger partial charge is 0.257 e. The van der Waals surface area contributed by atoms with Gasteiger partial charge in [0.15, 0.2) is 0 Å². The van der Waals surface area contributed by atoms with E-state index < -0.39 is 11.4 Å². The Morgan fingerprint density at radius 1 is 1.07 bits per heavy atom. The van der Waals surface area contributed by atoms with Crippen molar-refractivity contribution in [1.29, 1.82) is 0 Å². The van der Waals surface area contributed by atoms with Crippen LogP contribution in [-0.2, 0) is 16.9 Å². The monoisotopic (exact) mass is 405 g/mol. The first kappa shape index (κ1) is 19.0. The largest absolute Gasteiger partial charge is 0.368 e. The van der Waals surface area contributed by atoms with Crippen LogP contribution >= 0.6 is 11.6 Å². The highest BCUT2D eigenvalue weighted by atomic mass is 35.5. The number of carbonyl (C=O) groups excluding carboxylic acids is 2. The van der Waals surface area contributed by atoms with Crippen LogP contribution < -0.4 is 16.0 Å². The van der Waals surface area contributed by atoms with Gasteiger partial charge in [-0.25, -0.2) is 0 Å². The fourth-order valence-electron chi connectivity index (χ4n) is 3.73. The van der Waals surface area contributed by atoms with Crippen LogP contribution in [0.4, 0.5) is 11.4 Å². The molecule has 2 amide bonds. The van der Waals surface area contributed by atoms with Gasteiger partial charge in [0.25, 0.3) is 5.91 Å². The molecular weight excluding hydrogens is 386 g/mol. The van der Waals surface area contributed by atoms with Crippen molar-refractivity contribution < 1.29 is 9.59 Å². The Balaban J connectivity index is 1.68. The van der Waals surface area contributed by atoms with Crippen LogP contribution in [0.2, 0.25) is 5.02 Å². The van der Waals surface area contributed by atoms with E-state index in [4.69, 9.17) is 17.3 Å². The van der Waals surface area contributed by atoms with Gasteiger partial charge in [-0.2, -0.15) is 0 Å². The van der Waals surface area contributed by atoms with E-state index >= 15 is 0 Å². The van der Waals surface area contributed by atoms with E-state index in [9.17, 15) is 9.59 Å². The first-order valence-corrected chi connectivity index (χ1v) is 9.60. The summed E-state index contributed by atoms with van der Waals surface area (Å²) in [6.45, 7) is 2.29. The minimum absolute atomic E-state index is 0.0577. The van der Waals surface area contributed by atoms with E-state index in [2.05, 4.69) is 5.32 Å². The maximum absolute atomic E-state index is 13.5. The number of rotatable bonds is 5. The number of anilines is 2. The predicted octanol–water partition coefficient (Wildman–Crippen LogP) is 4.31. The first-order valence-electron chi connectivity index (χ1n) is 9.22. The lowest BCUT2D eigenvalue weighted by molar-refractivity contribution is -0.121. The number of hydrogen-bond acceptors (Lipinski definition) is 3. The molecule has 1 aliphatic rings. The molecule has 5 nitrogen and oxygen atoms in total. The van der Waals surface area contributed by atoms with Gasteiger partial charge in [-0.1, -0.05) is 41.9 Å². The molecule has 0 aromatic heterocycles. The number of nitrogens with one attached hydrogen (secondary N) is 1. The number of hydrogen-bond donors (Lipinski definition) is 2. The lowest BCUT2D eigenvalue weighted by atomic mass is 9.93. The van der Waals surface area contributed by atoms with Crippen LogP contribution in [0.1, 0.15) is 28.4 Å². The molecule has 0 aliphatic carbocycles. The molecule has 6 heteroatoms. The summed E-state index contributed by atoms with van der Waals surface area (Å²) >= 11 is 6.12. The molecule has 0 saturated carbocycles. The van der Waals surface area contributed by atoms with Crippen LogP contribution in [-0.4, -0.2) is 11.8 Å². The Morgan fingerprint density at radius 3 is 2.48 bits per heavy atom. The summed E-state index contributed by atoms with van der Waals surface area (Å²) in [5, 5.41) is 3.98. The van der Waals surface area contributed by atoms with Gasteiger partial charge in [0, 0.05) is 21.8 Å². The Kier molecular flexibility index (Phi) is 4.76. The number of para-hydroxylation sites is 1. The van der Waals surface area contributed by atoms with Gasteiger partial charge in [0.1, 0.15) is 5.54 Å². The van der Waals surface area contributed by atoms with Crippen molar-refractivity contribution in [1.82, 2.24) is 0 Å². The summed E-state index contributed by atoms with van der Waals surface area (Å²) in [5.41, 5.74) is 8.23. The number of benzene rings is 3. The molecule has 1 aliphatic heterocycles. The number of halogens is 1. The lowest BCUT2D eigenvalue weighted by Gasteiger charge is -2.27. The minimum atomic E-state index is -0.941. The third kappa shape index (κ3) is 3.45. The molecular formula is C23H20ClN3O2. The van der Waals surface area contributed by atoms with Crippen molar-refractivity contribution in [2.75, 3.05) is 10.2 Å². The maximum atomic E-state index is 13.5. The molecule has 1 heterocycles. The third-order valence-electron chi connectivity index (χ3n) is 5.20. The van der Waals surface area contributed by atoms with Crippen LogP contribution in [0.5, 0.6) is 0 Å². The van der Waals surface area contributed by atoms with Crippen molar-refractivity contribution in [2.45, 2.75) is 19.0 Å². The Labute approximate surface area is 174 Å². The molecule has 29 heavy (non-hydrogen) atoms. The second-order valence-electron chi connectivity index (χ2n) is 7.23. The van der Waals surface area contributed by atoms with E-state index in [1.807, 2.05) is 55.5 Å². The van der Waals surface area contributed by atoms with Gasteiger partial charge in [0.05, 0.1) is 12.2 Å². The highest BCUT2D eigenvalue weighted by Crippen LogP contribution is 2.42. The Hall–Kier alpha value is -3.31. The van der Waals surface area contributed by atoms with E-state index in [1.54, 1.807) is 29.2 Å². The molecule has 4 rings (SSSR count). The minimum Gasteiger partial charge on any atom is -0.368 e. The van der Waals surface area contributed by atoms with Gasteiger partial charge in [-0.15, -0.1) is 0 Å². The van der Waals surface area contributed by atoms with Crippen LogP contribution in [0, 0.1) is 0 Å². The topological polar surface area (TPSA) is 75.4 Å². The SMILES string of the molecule is CC1(Nc2ccc(C(N)=O)cc2)C(=O)N(Cc2cccc(Cl)c2)c2ccccc21. The van der Waals surface area contributed by atoms with Crippen molar-refractivity contribution in [2.24, 2.45) is 5.73 Å². The zero-order valence-electron chi connectivity index (χ0n) is 15.9. The average molecular weight is 406 g/mol. The molecule has 3 aromatic rings. The molecule has 3 N–H and O–H groups in total. The van der Waals surface area contributed by atoms with Gasteiger partial charge < -0.3 is 16.0 Å². The Morgan fingerprint density at radius 2 is 1.79 bits per heavy atom. The van der Waals surface area contributed by atoms with E-state index in [0.717, 1.165) is 22.5 Å². The molecule has 0 fully saturated rings. The Bertz CT molecular complexity index is 1100. The summed E-state index contributed by atoms with van der Waals surface area (Å²) in [7, 11) is 0. The molecule has 146 valence electrons. The highest BCUT2D eigenvalue weighted by Gasteiger charge is 2.47. The number of amides is 2. The number of primary amides is 1. The quantitative estimate of drug-likeness (QED) is 0.664. The van der Waals surface area contributed by atoms with Gasteiger partial charge >= 0.3 is 0 Å². The van der Waals surface area contributed by atoms with E-state index in [1.165, 1.54) is 0 Å². The highest BCUT2D eigenvalue weighted by molar-refractivity contribution is 6.30. The molecule has 1 unspecified atom stereocenters. The average Bonchev–Trinajstić information content (AvgIpc) is 2.91. The fraction of sp³-hybridized carbons (Fsp3) is 0.130. The van der Waals surface area contributed by atoms with Crippen LogP contribution in [0.15, 0.2) is 72.8 Å². The molecule has 3 aromatic carbocycles. The third-order valence-corrected chi connectivity index (χ3v) is 5.43. The van der Waals surface area contributed by atoms with Crippen molar-refractivity contribution in [3.8, 4) is 0 Å². The normalized spacial score (nSPS) is 17.9. The molecule has 0 bridgehead atoms. The lowest BCUT2D eigenvalue weighted by Crippen LogP contribution is -2.43. The predicted molar refractivity (Wildman–Crippen MR) is 115 cm³/mol. The van der Waals surface area contributed by atoms with Crippen molar-refractivity contribution in [3.05, 3.63) is 94.5 Å². The first-order chi connectivity index (χ1) is 13.9. The summed E-state index contributed by atoms with van der Waals surface area (Å²) in [6.07, 6.45) is 0. The van der Waals surface area contributed by atoms with Gasteiger partial charge in [0.2, 0.25) is 5.91 Å². The number of nitrogens with zero attached hydrogens (tertiary/aromatic N) is 1. The summed E-state index contributed by atoms with van der Waals surface area (Å²) in [5.74, 6) is -0.546. The van der Waals surface area contributed by atoms with Crippen LogP contribution in [0.25, 0.3) is 0 Å². The van der Waals surface area contributed by atoms with Crippen molar-refractivity contribution in [3.63, 3.8) is 0 Å². The molecule has 0 radical (unpaired) electrons. The van der Waals surface area contributed by atoms with E-state index in [-0.39, 0.29) is 5.91 Å². The second-order valence-corrected chi connectivity index (χ2v) is 7.67. The zero-order chi connectivity index (χ0) is 20.6. The molecule has 0 saturated heterocycles.